The highest BCUT2D eigenvalue weighted by molar-refractivity contribution is 6.72. The van der Waals surface area contributed by atoms with Crippen molar-refractivity contribution in [3.63, 3.8) is 0 Å². The first-order chi connectivity index (χ1) is 20.5. The van der Waals surface area contributed by atoms with Gasteiger partial charge in [-0.15, -0.1) is 0 Å². The summed E-state index contributed by atoms with van der Waals surface area (Å²) >= 11 is 0. The fourth-order valence-electron chi connectivity index (χ4n) is 7.02. The third-order valence-electron chi connectivity index (χ3n) is 8.98. The van der Waals surface area contributed by atoms with E-state index in [9.17, 15) is 19.5 Å². The molecule has 0 aliphatic carbocycles. The number of benzene rings is 2. The average Bonchev–Trinajstić information content (AvgIpc) is 3.42. The summed E-state index contributed by atoms with van der Waals surface area (Å²) in [6, 6.07) is 15.1. The number of hydrogen-bond acceptors (Lipinski definition) is 7. The second-order valence-electron chi connectivity index (χ2n) is 12.1. The van der Waals surface area contributed by atoms with E-state index in [4.69, 9.17) is 14.6 Å². The highest BCUT2D eigenvalue weighted by Crippen LogP contribution is 2.60. The molecule has 2 aromatic carbocycles. The van der Waals surface area contributed by atoms with Crippen molar-refractivity contribution in [2.24, 2.45) is 11.0 Å². The topological polar surface area (TPSA) is 109 Å². The Morgan fingerprint density at radius 1 is 1.16 bits per heavy atom. The number of aliphatic hydroxyl groups is 1. The van der Waals surface area contributed by atoms with Gasteiger partial charge in [0, 0.05) is 49.4 Å². The zero-order valence-electron chi connectivity index (χ0n) is 25.2. The molecule has 230 valence electrons. The molecular formula is C32H40FN3O6Si. The smallest absolute Gasteiger partial charge is 0.305 e. The zero-order chi connectivity index (χ0) is 30.9. The fourth-order valence-corrected chi connectivity index (χ4v) is 9.56. The normalized spacial score (nSPS) is 25.3. The lowest BCUT2D eigenvalue weighted by molar-refractivity contribution is -0.146. The number of hydrogen-bond donors (Lipinski definition) is 1. The molecular weight excluding hydrogens is 569 g/mol. The van der Waals surface area contributed by atoms with Gasteiger partial charge in [-0.25, -0.2) is 5.01 Å². The first-order valence-electron chi connectivity index (χ1n) is 15.0. The second-order valence-corrected chi connectivity index (χ2v) is 15.9. The minimum Gasteiger partial charge on any atom is -0.469 e. The first-order valence-corrected chi connectivity index (χ1v) is 17.9. The molecule has 0 unspecified atom stereocenters. The number of carbonyl (C=O) groups is 3. The number of anilines is 2. The molecule has 1 saturated heterocycles. The molecule has 0 radical (unpaired) electrons. The standard InChI is InChI=1S/C32H40FN3O6Si/c1-21-30(43(3,4)33)27(17-19-37)42-32(21)24-20-23(36-28(38)16-14-25(34-36)22-10-6-5-7-11-22)13-15-26(24)35(31(32)40)18-9-8-12-29(39)41-2/h5-7,10-11,13,15,20-21,27,30,37H,8-9,12,14,16-19H2,1-4H3/t21-,27+,30-,32+/m0/s1. The van der Waals surface area contributed by atoms with Crippen molar-refractivity contribution in [3.8, 4) is 0 Å². The van der Waals surface area contributed by atoms with E-state index in [2.05, 4.69) is 0 Å². The molecule has 3 aliphatic heterocycles. The summed E-state index contributed by atoms with van der Waals surface area (Å²) in [6.45, 7) is 5.25. The lowest BCUT2D eigenvalue weighted by atomic mass is 9.82. The molecule has 4 atom stereocenters. The minimum atomic E-state index is -3.35. The molecule has 0 aromatic heterocycles. The fraction of sp³-hybridized carbons (Fsp3) is 0.500. The molecule has 43 heavy (non-hydrogen) atoms. The minimum absolute atomic E-state index is 0.161. The van der Waals surface area contributed by atoms with Crippen LogP contribution in [0.25, 0.3) is 0 Å². The molecule has 2 aromatic rings. The van der Waals surface area contributed by atoms with Crippen LogP contribution in [0.5, 0.6) is 0 Å². The van der Waals surface area contributed by atoms with Crippen LogP contribution in [0.2, 0.25) is 18.6 Å². The van der Waals surface area contributed by atoms with Gasteiger partial charge in [0.15, 0.2) is 5.60 Å². The molecule has 2 amide bonds. The van der Waals surface area contributed by atoms with Gasteiger partial charge in [0.1, 0.15) is 0 Å². The largest absolute Gasteiger partial charge is 0.469 e. The predicted molar refractivity (Wildman–Crippen MR) is 164 cm³/mol. The van der Waals surface area contributed by atoms with Crippen LogP contribution in [-0.4, -0.2) is 63.4 Å². The van der Waals surface area contributed by atoms with Crippen LogP contribution in [0.1, 0.15) is 56.6 Å². The summed E-state index contributed by atoms with van der Waals surface area (Å²) in [7, 11) is -2.01. The number of carbonyl (C=O) groups excluding carboxylic acids is 3. The van der Waals surface area contributed by atoms with Gasteiger partial charge in [-0.2, -0.15) is 5.10 Å². The van der Waals surface area contributed by atoms with Crippen molar-refractivity contribution < 1.29 is 33.1 Å². The molecule has 1 spiro atoms. The summed E-state index contributed by atoms with van der Waals surface area (Å²) in [5.41, 5.74) is 1.44. The van der Waals surface area contributed by atoms with Crippen molar-refractivity contribution in [1.29, 1.82) is 0 Å². The second kappa shape index (κ2) is 12.3. The van der Waals surface area contributed by atoms with Gasteiger partial charge in [0.2, 0.25) is 14.3 Å². The monoisotopic (exact) mass is 609 g/mol. The molecule has 0 bridgehead atoms. The Balaban J connectivity index is 1.57. The number of amides is 2. The van der Waals surface area contributed by atoms with Crippen LogP contribution in [0.15, 0.2) is 53.6 Å². The number of hydrazone groups is 1. The molecule has 0 saturated carbocycles. The number of rotatable bonds is 10. The molecule has 3 heterocycles. The van der Waals surface area contributed by atoms with E-state index in [0.29, 0.717) is 42.7 Å². The maximum atomic E-state index is 15.9. The third kappa shape index (κ3) is 5.65. The molecule has 9 nitrogen and oxygen atoms in total. The number of fused-ring (bicyclic) bond motifs is 2. The van der Waals surface area contributed by atoms with Gasteiger partial charge in [0.25, 0.3) is 5.91 Å². The summed E-state index contributed by atoms with van der Waals surface area (Å²) in [6.07, 6.45) is 1.72. The highest BCUT2D eigenvalue weighted by Gasteiger charge is 2.66. The van der Waals surface area contributed by atoms with Crippen LogP contribution >= 0.6 is 0 Å². The van der Waals surface area contributed by atoms with Crippen LogP contribution in [-0.2, 0) is 29.5 Å². The van der Waals surface area contributed by atoms with E-state index >= 15 is 4.11 Å². The number of ether oxygens (including phenoxy) is 2. The summed E-state index contributed by atoms with van der Waals surface area (Å²) in [5, 5.41) is 15.9. The van der Waals surface area contributed by atoms with E-state index in [-0.39, 0.29) is 43.7 Å². The highest BCUT2D eigenvalue weighted by atomic mass is 28.4. The number of nitrogens with zero attached hydrogens (tertiary/aromatic N) is 3. The van der Waals surface area contributed by atoms with Crippen molar-refractivity contribution in [3.05, 3.63) is 59.7 Å². The van der Waals surface area contributed by atoms with E-state index in [1.165, 1.54) is 12.1 Å². The zero-order valence-corrected chi connectivity index (χ0v) is 26.2. The lowest BCUT2D eigenvalue weighted by Gasteiger charge is -2.31. The van der Waals surface area contributed by atoms with Gasteiger partial charge in [-0.3, -0.25) is 14.4 Å². The predicted octanol–water partition coefficient (Wildman–Crippen LogP) is 5.07. The SMILES string of the molecule is COC(=O)CCCCN1C(=O)[C@]2(O[C@H](CCO)[C@@H]([Si](C)(C)F)[C@@H]2C)c2cc(N3N=C(c4ccccc4)CCC3=O)ccc21. The quantitative estimate of drug-likeness (QED) is 0.175. The third-order valence-corrected chi connectivity index (χ3v) is 11.4. The Labute approximate surface area is 252 Å². The maximum Gasteiger partial charge on any atom is 0.305 e. The van der Waals surface area contributed by atoms with E-state index in [1.54, 1.807) is 36.2 Å². The van der Waals surface area contributed by atoms with Gasteiger partial charge in [-0.05, 0) is 56.1 Å². The van der Waals surface area contributed by atoms with Gasteiger partial charge < -0.3 is 23.6 Å². The van der Waals surface area contributed by atoms with E-state index in [1.807, 2.05) is 37.3 Å². The van der Waals surface area contributed by atoms with Crippen molar-refractivity contribution in [2.45, 2.75) is 75.8 Å². The lowest BCUT2D eigenvalue weighted by Crippen LogP contribution is -2.45. The molecule has 11 heteroatoms. The molecule has 1 N–H and O–H groups in total. The Hall–Kier alpha value is -3.41. The number of halogens is 1. The van der Waals surface area contributed by atoms with E-state index < -0.39 is 31.6 Å². The van der Waals surface area contributed by atoms with Crippen molar-refractivity contribution in [2.75, 3.05) is 30.2 Å². The van der Waals surface area contributed by atoms with Crippen LogP contribution in [0, 0.1) is 5.92 Å². The summed E-state index contributed by atoms with van der Waals surface area (Å²) in [5.74, 6) is -1.27. The number of aliphatic hydroxyl groups excluding tert-OH is 1. The van der Waals surface area contributed by atoms with Gasteiger partial charge >= 0.3 is 5.97 Å². The Morgan fingerprint density at radius 2 is 1.91 bits per heavy atom. The Morgan fingerprint density at radius 3 is 2.58 bits per heavy atom. The van der Waals surface area contributed by atoms with Crippen LogP contribution in [0.4, 0.5) is 15.5 Å². The molecule has 1 fully saturated rings. The van der Waals surface area contributed by atoms with Crippen molar-refractivity contribution >= 4 is 43.3 Å². The number of unbranched alkanes of at least 4 members (excludes halogenated alkanes) is 1. The van der Waals surface area contributed by atoms with Gasteiger partial charge in [-0.1, -0.05) is 37.3 Å². The molecule has 5 rings (SSSR count). The van der Waals surface area contributed by atoms with Crippen molar-refractivity contribution in [1.82, 2.24) is 0 Å². The number of methoxy groups -OCH3 is 1. The Kier molecular flexibility index (Phi) is 8.87. The van der Waals surface area contributed by atoms with Crippen LogP contribution < -0.4 is 9.91 Å². The summed E-state index contributed by atoms with van der Waals surface area (Å²) < 4.78 is 27.2. The number of esters is 1. The first kappa shape index (κ1) is 31.0. The summed E-state index contributed by atoms with van der Waals surface area (Å²) in [4.78, 5) is 40.9. The Bertz CT molecular complexity index is 1410. The molecule has 3 aliphatic rings. The maximum absolute atomic E-state index is 15.9. The van der Waals surface area contributed by atoms with Crippen LogP contribution in [0.3, 0.4) is 0 Å². The van der Waals surface area contributed by atoms with E-state index in [0.717, 1.165) is 11.3 Å². The average molecular weight is 610 g/mol. The van der Waals surface area contributed by atoms with Gasteiger partial charge in [0.05, 0.1) is 30.3 Å².